The van der Waals surface area contributed by atoms with Crippen LogP contribution in [-0.4, -0.2) is 24.7 Å². The van der Waals surface area contributed by atoms with E-state index in [9.17, 15) is 9.59 Å². The fourth-order valence-corrected chi connectivity index (χ4v) is 0.783. The number of nitrogens with one attached hydrogen (secondary N) is 1. The Morgan fingerprint density at radius 2 is 1.83 bits per heavy atom. The van der Waals surface area contributed by atoms with E-state index in [0.717, 1.165) is 0 Å². The van der Waals surface area contributed by atoms with Crippen LogP contribution in [0.4, 0.5) is 0 Å². The lowest BCUT2D eigenvalue weighted by atomic mass is 9.98. The third-order valence-corrected chi connectivity index (χ3v) is 2.12. The molecule has 0 fully saturated rings. The van der Waals surface area contributed by atoms with Crippen LogP contribution < -0.4 is 5.32 Å². The summed E-state index contributed by atoms with van der Waals surface area (Å²) in [5.41, 5.74) is 0. The van der Waals surface area contributed by atoms with Crippen molar-refractivity contribution in [1.82, 2.24) is 5.32 Å². The quantitative estimate of drug-likeness (QED) is 0.665. The molecular formula is C9H17NO2. The van der Waals surface area contributed by atoms with Gasteiger partial charge in [-0.2, -0.15) is 0 Å². The first-order valence-corrected chi connectivity index (χ1v) is 4.19. The standard InChI is InChI=1S/C9H17NO2/c1-6(8(3)11)5-9(12)7(2)10-4/h6-7,10H,5H2,1-4H3. The molecule has 0 radical (unpaired) electrons. The highest BCUT2D eigenvalue weighted by molar-refractivity contribution is 5.89. The fourth-order valence-electron chi connectivity index (χ4n) is 0.783. The molecule has 0 aliphatic heterocycles. The first-order valence-electron chi connectivity index (χ1n) is 4.19. The van der Waals surface area contributed by atoms with Gasteiger partial charge in [0.2, 0.25) is 0 Å². The van der Waals surface area contributed by atoms with Crippen LogP contribution in [0, 0.1) is 5.92 Å². The predicted octanol–water partition coefficient (Wildman–Crippen LogP) is 0.779. The van der Waals surface area contributed by atoms with E-state index in [1.54, 1.807) is 20.9 Å². The van der Waals surface area contributed by atoms with E-state index in [2.05, 4.69) is 5.32 Å². The Kier molecular flexibility index (Phi) is 4.74. The summed E-state index contributed by atoms with van der Waals surface area (Å²) >= 11 is 0. The molecule has 0 bridgehead atoms. The summed E-state index contributed by atoms with van der Waals surface area (Å²) in [6.07, 6.45) is 0.345. The molecule has 0 aromatic carbocycles. The Bertz CT molecular complexity index is 177. The third-order valence-electron chi connectivity index (χ3n) is 2.12. The summed E-state index contributed by atoms with van der Waals surface area (Å²) in [7, 11) is 1.74. The molecule has 0 saturated heterocycles. The van der Waals surface area contributed by atoms with Crippen molar-refractivity contribution in [2.24, 2.45) is 5.92 Å². The maximum absolute atomic E-state index is 11.3. The van der Waals surface area contributed by atoms with E-state index in [-0.39, 0.29) is 23.5 Å². The van der Waals surface area contributed by atoms with Crippen molar-refractivity contribution in [3.63, 3.8) is 0 Å². The fraction of sp³-hybridized carbons (Fsp3) is 0.778. The van der Waals surface area contributed by atoms with Gasteiger partial charge in [-0.15, -0.1) is 0 Å². The summed E-state index contributed by atoms with van der Waals surface area (Å²) in [5.74, 6) is 0.0279. The van der Waals surface area contributed by atoms with Crippen molar-refractivity contribution >= 4 is 11.6 Å². The first-order chi connectivity index (χ1) is 5.49. The van der Waals surface area contributed by atoms with E-state index in [0.29, 0.717) is 6.42 Å². The molecule has 0 saturated carbocycles. The Hall–Kier alpha value is -0.700. The second-order valence-corrected chi connectivity index (χ2v) is 3.19. The Balaban J connectivity index is 3.92. The molecule has 70 valence electrons. The van der Waals surface area contributed by atoms with Crippen molar-refractivity contribution in [2.45, 2.75) is 33.2 Å². The number of carbonyl (C=O) groups is 2. The molecular weight excluding hydrogens is 154 g/mol. The average Bonchev–Trinajstić information content (AvgIpc) is 2.02. The van der Waals surface area contributed by atoms with E-state index in [1.165, 1.54) is 6.92 Å². The molecule has 0 rings (SSSR count). The molecule has 3 heteroatoms. The Morgan fingerprint density at radius 3 is 2.17 bits per heavy atom. The van der Waals surface area contributed by atoms with Crippen molar-refractivity contribution in [3.8, 4) is 0 Å². The molecule has 0 heterocycles. The van der Waals surface area contributed by atoms with Crippen molar-refractivity contribution < 1.29 is 9.59 Å². The van der Waals surface area contributed by atoms with Gasteiger partial charge in [-0.1, -0.05) is 6.92 Å². The van der Waals surface area contributed by atoms with Crippen LogP contribution in [0.15, 0.2) is 0 Å². The smallest absolute Gasteiger partial charge is 0.150 e. The number of ketones is 2. The topological polar surface area (TPSA) is 46.2 Å². The second-order valence-electron chi connectivity index (χ2n) is 3.19. The zero-order valence-corrected chi connectivity index (χ0v) is 8.18. The number of rotatable bonds is 5. The Morgan fingerprint density at radius 1 is 1.33 bits per heavy atom. The maximum Gasteiger partial charge on any atom is 0.150 e. The number of likely N-dealkylation sites (N-methyl/N-ethyl adjacent to an activating group) is 1. The minimum atomic E-state index is -0.146. The third kappa shape index (κ3) is 3.62. The molecule has 3 nitrogen and oxygen atoms in total. The second kappa shape index (κ2) is 5.04. The molecule has 2 unspecified atom stereocenters. The first kappa shape index (κ1) is 11.3. The van der Waals surface area contributed by atoms with E-state index < -0.39 is 0 Å². The minimum Gasteiger partial charge on any atom is -0.311 e. The van der Waals surface area contributed by atoms with E-state index in [4.69, 9.17) is 0 Å². The monoisotopic (exact) mass is 171 g/mol. The molecule has 0 amide bonds. The van der Waals surface area contributed by atoms with Crippen LogP contribution in [0.3, 0.4) is 0 Å². The highest BCUT2D eigenvalue weighted by Gasteiger charge is 2.16. The molecule has 1 N–H and O–H groups in total. The van der Waals surface area contributed by atoms with Gasteiger partial charge in [0.05, 0.1) is 6.04 Å². The average molecular weight is 171 g/mol. The molecule has 2 atom stereocenters. The van der Waals surface area contributed by atoms with Crippen LogP contribution in [0.2, 0.25) is 0 Å². The zero-order valence-electron chi connectivity index (χ0n) is 8.18. The van der Waals surface area contributed by atoms with Gasteiger partial charge in [0, 0.05) is 12.3 Å². The molecule has 0 aromatic rings. The van der Waals surface area contributed by atoms with Gasteiger partial charge in [0.15, 0.2) is 0 Å². The van der Waals surface area contributed by atoms with Gasteiger partial charge >= 0.3 is 0 Å². The highest BCUT2D eigenvalue weighted by Crippen LogP contribution is 2.05. The summed E-state index contributed by atoms with van der Waals surface area (Å²) in [5, 5.41) is 2.85. The summed E-state index contributed by atoms with van der Waals surface area (Å²) in [4.78, 5) is 22.1. The lowest BCUT2D eigenvalue weighted by Crippen LogP contribution is -2.32. The van der Waals surface area contributed by atoms with Crippen LogP contribution in [0.25, 0.3) is 0 Å². The van der Waals surface area contributed by atoms with Crippen LogP contribution in [0.1, 0.15) is 27.2 Å². The minimum absolute atomic E-state index is 0.0756. The predicted molar refractivity (Wildman–Crippen MR) is 48.0 cm³/mol. The molecule has 0 aromatic heterocycles. The highest BCUT2D eigenvalue weighted by atomic mass is 16.1. The van der Waals surface area contributed by atoms with Gasteiger partial charge in [0.25, 0.3) is 0 Å². The molecule has 0 spiro atoms. The van der Waals surface area contributed by atoms with E-state index in [1.807, 2.05) is 0 Å². The zero-order chi connectivity index (χ0) is 9.72. The summed E-state index contributed by atoms with van der Waals surface area (Å²) in [6.45, 7) is 5.10. The normalized spacial score (nSPS) is 15.3. The van der Waals surface area contributed by atoms with Gasteiger partial charge in [-0.3, -0.25) is 9.59 Å². The van der Waals surface area contributed by atoms with Crippen molar-refractivity contribution in [2.75, 3.05) is 7.05 Å². The van der Waals surface area contributed by atoms with Crippen molar-refractivity contribution in [1.29, 1.82) is 0 Å². The number of hydrogen-bond acceptors (Lipinski definition) is 3. The Labute approximate surface area is 73.5 Å². The SMILES string of the molecule is CNC(C)C(=O)CC(C)C(C)=O. The summed E-state index contributed by atoms with van der Waals surface area (Å²) < 4.78 is 0. The maximum atomic E-state index is 11.3. The van der Waals surface area contributed by atoms with Crippen molar-refractivity contribution in [3.05, 3.63) is 0 Å². The van der Waals surface area contributed by atoms with Gasteiger partial charge in [0.1, 0.15) is 11.6 Å². The lowest BCUT2D eigenvalue weighted by molar-refractivity contribution is -0.127. The van der Waals surface area contributed by atoms with Gasteiger partial charge in [-0.05, 0) is 20.9 Å². The number of hydrogen-bond donors (Lipinski definition) is 1. The molecule has 0 aliphatic rings. The molecule has 12 heavy (non-hydrogen) atoms. The molecule has 0 aliphatic carbocycles. The van der Waals surface area contributed by atoms with Gasteiger partial charge < -0.3 is 5.32 Å². The summed E-state index contributed by atoms with van der Waals surface area (Å²) in [6, 6.07) is -0.146. The number of Topliss-reactive ketones (excluding diaryl/α,β-unsaturated/α-hetero) is 2. The van der Waals surface area contributed by atoms with Crippen LogP contribution in [-0.2, 0) is 9.59 Å². The van der Waals surface area contributed by atoms with E-state index >= 15 is 0 Å². The largest absolute Gasteiger partial charge is 0.311 e. The number of carbonyl (C=O) groups excluding carboxylic acids is 2. The lowest BCUT2D eigenvalue weighted by Gasteiger charge is -2.11. The van der Waals surface area contributed by atoms with Gasteiger partial charge in [-0.25, -0.2) is 0 Å². The van der Waals surface area contributed by atoms with Crippen LogP contribution in [0.5, 0.6) is 0 Å². The van der Waals surface area contributed by atoms with Crippen LogP contribution >= 0.6 is 0 Å².